The van der Waals surface area contributed by atoms with E-state index in [0.717, 1.165) is 0 Å². The lowest BCUT2D eigenvalue weighted by atomic mass is 10.0. The lowest BCUT2D eigenvalue weighted by Gasteiger charge is -2.23. The minimum absolute atomic E-state index is 0.225. The summed E-state index contributed by atoms with van der Waals surface area (Å²) in [6, 6.07) is 5.54. The average Bonchev–Trinajstić information content (AvgIpc) is 2.39. The third-order valence-corrected chi connectivity index (χ3v) is 3.01. The second kappa shape index (κ2) is 5.58. The molecule has 92 valence electrons. The number of halogens is 2. The standard InChI is InChI=1S/C12H12ClFO3/c13-11(8-1-3-9(14)4-2-8)12(15)10-7-16-5-6-17-10/h1-4,10-11H,5-7H2. The van der Waals surface area contributed by atoms with Gasteiger partial charge in [-0.1, -0.05) is 12.1 Å². The van der Waals surface area contributed by atoms with Crippen LogP contribution in [0.1, 0.15) is 10.9 Å². The highest BCUT2D eigenvalue weighted by Crippen LogP contribution is 2.24. The van der Waals surface area contributed by atoms with Crippen LogP contribution in [0, 0.1) is 5.82 Å². The molecule has 1 heterocycles. The molecule has 17 heavy (non-hydrogen) atoms. The summed E-state index contributed by atoms with van der Waals surface area (Å²) in [5, 5.41) is -0.831. The van der Waals surface area contributed by atoms with Crippen LogP contribution in [-0.2, 0) is 14.3 Å². The number of carbonyl (C=O) groups is 1. The molecule has 2 unspecified atom stereocenters. The molecule has 0 bridgehead atoms. The third-order valence-electron chi connectivity index (χ3n) is 2.55. The molecule has 1 saturated heterocycles. The summed E-state index contributed by atoms with van der Waals surface area (Å²) < 4.78 is 23.2. The first-order chi connectivity index (χ1) is 8.18. The number of rotatable bonds is 3. The molecular formula is C12H12ClFO3. The van der Waals surface area contributed by atoms with Gasteiger partial charge in [0.1, 0.15) is 17.3 Å². The Hall–Kier alpha value is -0.970. The summed E-state index contributed by atoms with van der Waals surface area (Å²) in [7, 11) is 0. The van der Waals surface area contributed by atoms with Crippen LogP contribution in [0.3, 0.4) is 0 Å². The lowest BCUT2D eigenvalue weighted by Crippen LogP contribution is -2.37. The number of benzene rings is 1. The molecule has 2 atom stereocenters. The summed E-state index contributed by atoms with van der Waals surface area (Å²) in [6.07, 6.45) is -0.628. The van der Waals surface area contributed by atoms with E-state index in [2.05, 4.69) is 0 Å². The van der Waals surface area contributed by atoms with E-state index in [-0.39, 0.29) is 18.2 Å². The maximum absolute atomic E-state index is 12.7. The van der Waals surface area contributed by atoms with Gasteiger partial charge in [-0.3, -0.25) is 4.79 Å². The fourth-order valence-electron chi connectivity index (χ4n) is 1.61. The van der Waals surface area contributed by atoms with Crippen LogP contribution in [0.4, 0.5) is 4.39 Å². The molecule has 0 aromatic heterocycles. The molecule has 1 aliphatic rings. The number of alkyl halides is 1. The molecule has 2 rings (SSSR count). The highest BCUT2D eigenvalue weighted by atomic mass is 35.5. The van der Waals surface area contributed by atoms with Crippen LogP contribution in [0.5, 0.6) is 0 Å². The number of Topliss-reactive ketones (excluding diaryl/α,β-unsaturated/α-hetero) is 1. The van der Waals surface area contributed by atoms with Crippen LogP contribution in [-0.4, -0.2) is 31.7 Å². The van der Waals surface area contributed by atoms with Crippen LogP contribution >= 0.6 is 11.6 Å². The van der Waals surface area contributed by atoms with E-state index in [1.54, 1.807) is 0 Å². The molecule has 1 aliphatic heterocycles. The maximum Gasteiger partial charge on any atom is 0.186 e. The fourth-order valence-corrected chi connectivity index (χ4v) is 1.90. The van der Waals surface area contributed by atoms with Crippen molar-refractivity contribution in [2.45, 2.75) is 11.5 Å². The van der Waals surface area contributed by atoms with Crippen molar-refractivity contribution >= 4 is 17.4 Å². The first-order valence-corrected chi connectivity index (χ1v) is 5.75. The van der Waals surface area contributed by atoms with Crippen molar-refractivity contribution in [3.8, 4) is 0 Å². The van der Waals surface area contributed by atoms with Gasteiger partial charge in [-0.05, 0) is 17.7 Å². The Morgan fingerprint density at radius 1 is 1.35 bits per heavy atom. The summed E-state index contributed by atoms with van der Waals surface area (Å²) in [5.74, 6) is -0.611. The van der Waals surface area contributed by atoms with Crippen molar-refractivity contribution in [3.05, 3.63) is 35.6 Å². The molecule has 3 nitrogen and oxygen atoms in total. The summed E-state index contributed by atoms with van der Waals surface area (Å²) >= 11 is 6.03. The molecule has 0 saturated carbocycles. The Kier molecular flexibility index (Phi) is 4.10. The smallest absolute Gasteiger partial charge is 0.186 e. The van der Waals surface area contributed by atoms with Gasteiger partial charge < -0.3 is 9.47 Å². The maximum atomic E-state index is 12.7. The van der Waals surface area contributed by atoms with Gasteiger partial charge in [-0.2, -0.15) is 0 Å². The van der Waals surface area contributed by atoms with E-state index >= 15 is 0 Å². The van der Waals surface area contributed by atoms with Gasteiger partial charge in [0.05, 0.1) is 19.8 Å². The summed E-state index contributed by atoms with van der Waals surface area (Å²) in [5.41, 5.74) is 0.562. The van der Waals surface area contributed by atoms with E-state index in [0.29, 0.717) is 18.8 Å². The minimum atomic E-state index is -0.831. The van der Waals surface area contributed by atoms with E-state index in [9.17, 15) is 9.18 Å². The lowest BCUT2D eigenvalue weighted by molar-refractivity contribution is -0.145. The SMILES string of the molecule is O=C(C1COCCO1)C(Cl)c1ccc(F)cc1. The largest absolute Gasteiger partial charge is 0.376 e. The second-order valence-electron chi connectivity index (χ2n) is 3.75. The number of carbonyl (C=O) groups excluding carboxylic acids is 1. The van der Waals surface area contributed by atoms with Crippen LogP contribution in [0.25, 0.3) is 0 Å². The minimum Gasteiger partial charge on any atom is -0.376 e. The molecule has 0 amide bonds. The predicted molar refractivity (Wildman–Crippen MR) is 60.6 cm³/mol. The fraction of sp³-hybridized carbons (Fsp3) is 0.417. The molecule has 5 heteroatoms. The van der Waals surface area contributed by atoms with Crippen molar-refractivity contribution in [1.82, 2.24) is 0 Å². The third kappa shape index (κ3) is 3.03. The van der Waals surface area contributed by atoms with Gasteiger partial charge >= 0.3 is 0 Å². The zero-order valence-electron chi connectivity index (χ0n) is 9.07. The quantitative estimate of drug-likeness (QED) is 0.779. The van der Waals surface area contributed by atoms with Crippen molar-refractivity contribution < 1.29 is 18.7 Å². The van der Waals surface area contributed by atoms with E-state index in [1.165, 1.54) is 24.3 Å². The van der Waals surface area contributed by atoms with Gasteiger partial charge in [-0.15, -0.1) is 11.6 Å². The molecule has 0 spiro atoms. The Bertz CT molecular complexity index is 387. The Morgan fingerprint density at radius 2 is 2.06 bits per heavy atom. The van der Waals surface area contributed by atoms with Crippen LogP contribution in [0.2, 0.25) is 0 Å². The van der Waals surface area contributed by atoms with Crippen molar-refractivity contribution in [1.29, 1.82) is 0 Å². The van der Waals surface area contributed by atoms with Crippen LogP contribution < -0.4 is 0 Å². The monoisotopic (exact) mass is 258 g/mol. The van der Waals surface area contributed by atoms with E-state index in [1.807, 2.05) is 0 Å². The molecule has 1 aromatic rings. The van der Waals surface area contributed by atoms with Gasteiger partial charge in [0.25, 0.3) is 0 Å². The topological polar surface area (TPSA) is 35.5 Å². The molecule has 1 aromatic carbocycles. The van der Waals surface area contributed by atoms with E-state index < -0.39 is 11.5 Å². The molecular weight excluding hydrogens is 247 g/mol. The van der Waals surface area contributed by atoms with Crippen molar-refractivity contribution in [2.24, 2.45) is 0 Å². The van der Waals surface area contributed by atoms with Gasteiger partial charge in [-0.25, -0.2) is 4.39 Å². The molecule has 0 radical (unpaired) electrons. The Morgan fingerprint density at radius 3 is 2.65 bits per heavy atom. The normalized spacial score (nSPS) is 22.1. The number of hydrogen-bond acceptors (Lipinski definition) is 3. The molecule has 0 N–H and O–H groups in total. The van der Waals surface area contributed by atoms with Crippen LogP contribution in [0.15, 0.2) is 24.3 Å². The zero-order chi connectivity index (χ0) is 12.3. The number of ether oxygens (including phenoxy) is 2. The predicted octanol–water partition coefficient (Wildman–Crippen LogP) is 2.09. The zero-order valence-corrected chi connectivity index (χ0v) is 9.82. The number of ketones is 1. The summed E-state index contributed by atoms with van der Waals surface area (Å²) in [6.45, 7) is 1.11. The number of hydrogen-bond donors (Lipinski definition) is 0. The first-order valence-electron chi connectivity index (χ1n) is 5.31. The highest BCUT2D eigenvalue weighted by Gasteiger charge is 2.29. The Labute approximate surface area is 103 Å². The summed E-state index contributed by atoms with van der Waals surface area (Å²) in [4.78, 5) is 12.0. The molecule has 1 fully saturated rings. The van der Waals surface area contributed by atoms with Gasteiger partial charge in [0, 0.05) is 0 Å². The molecule has 0 aliphatic carbocycles. The van der Waals surface area contributed by atoms with Crippen molar-refractivity contribution in [2.75, 3.05) is 19.8 Å². The first kappa shape index (κ1) is 12.5. The second-order valence-corrected chi connectivity index (χ2v) is 4.19. The van der Waals surface area contributed by atoms with Crippen molar-refractivity contribution in [3.63, 3.8) is 0 Å². The van der Waals surface area contributed by atoms with Gasteiger partial charge in [0.15, 0.2) is 5.78 Å². The van der Waals surface area contributed by atoms with E-state index in [4.69, 9.17) is 21.1 Å². The average molecular weight is 259 g/mol. The Balaban J connectivity index is 2.05. The highest BCUT2D eigenvalue weighted by molar-refractivity contribution is 6.31. The van der Waals surface area contributed by atoms with Gasteiger partial charge in [0.2, 0.25) is 0 Å².